The van der Waals surface area contributed by atoms with Gasteiger partial charge in [-0.15, -0.1) is 0 Å². The van der Waals surface area contributed by atoms with Crippen LogP contribution in [-0.4, -0.2) is 38.1 Å². The Bertz CT molecular complexity index is 174. The Hall–Kier alpha value is -0.570. The maximum absolute atomic E-state index is 11.6. The molecule has 0 bridgehead atoms. The monoisotopic (exact) mass is 185 g/mol. The zero-order chi connectivity index (χ0) is 9.84. The summed E-state index contributed by atoms with van der Waals surface area (Å²) in [6.07, 6.45) is 2.06. The van der Waals surface area contributed by atoms with Gasteiger partial charge in [-0.25, -0.2) is 0 Å². The van der Waals surface area contributed by atoms with E-state index in [4.69, 9.17) is 4.74 Å². The summed E-state index contributed by atoms with van der Waals surface area (Å²) < 4.78 is 5.27. The van der Waals surface area contributed by atoms with E-state index in [1.54, 1.807) is 4.90 Å². The summed E-state index contributed by atoms with van der Waals surface area (Å²) in [5.41, 5.74) is 0. The average molecular weight is 185 g/mol. The Kier molecular flexibility index (Phi) is 3.72. The third-order valence-corrected chi connectivity index (χ3v) is 2.80. The SMILES string of the molecule is C[C@H](C(=O)N(C)C)C1CCOCC1. The van der Waals surface area contributed by atoms with Crippen molar-refractivity contribution in [1.29, 1.82) is 0 Å². The van der Waals surface area contributed by atoms with Crippen LogP contribution < -0.4 is 0 Å². The zero-order valence-corrected chi connectivity index (χ0v) is 8.75. The molecule has 0 N–H and O–H groups in total. The number of amides is 1. The number of hydrogen-bond donors (Lipinski definition) is 0. The highest BCUT2D eigenvalue weighted by Crippen LogP contribution is 2.24. The van der Waals surface area contributed by atoms with Crippen LogP contribution in [0.15, 0.2) is 0 Å². The van der Waals surface area contributed by atoms with Gasteiger partial charge in [-0.2, -0.15) is 0 Å². The van der Waals surface area contributed by atoms with Crippen molar-refractivity contribution < 1.29 is 9.53 Å². The summed E-state index contributed by atoms with van der Waals surface area (Å²) in [5, 5.41) is 0. The molecule has 0 aliphatic carbocycles. The van der Waals surface area contributed by atoms with Crippen LogP contribution in [-0.2, 0) is 9.53 Å². The molecule has 13 heavy (non-hydrogen) atoms. The number of carbonyl (C=O) groups excluding carboxylic acids is 1. The zero-order valence-electron chi connectivity index (χ0n) is 8.75. The second-order valence-electron chi connectivity index (χ2n) is 3.97. The lowest BCUT2D eigenvalue weighted by molar-refractivity contribution is -0.135. The smallest absolute Gasteiger partial charge is 0.225 e. The molecule has 0 aromatic rings. The number of rotatable bonds is 2. The fourth-order valence-corrected chi connectivity index (χ4v) is 1.82. The van der Waals surface area contributed by atoms with E-state index in [1.165, 1.54) is 0 Å². The van der Waals surface area contributed by atoms with Crippen molar-refractivity contribution in [3.63, 3.8) is 0 Å². The van der Waals surface area contributed by atoms with Crippen LogP contribution in [0.25, 0.3) is 0 Å². The molecule has 1 rings (SSSR count). The van der Waals surface area contributed by atoms with Gasteiger partial charge in [-0.3, -0.25) is 4.79 Å². The Morgan fingerprint density at radius 2 is 1.92 bits per heavy atom. The molecule has 1 atom stereocenters. The topological polar surface area (TPSA) is 29.5 Å². The van der Waals surface area contributed by atoms with E-state index in [-0.39, 0.29) is 11.8 Å². The number of ether oxygens (including phenoxy) is 1. The van der Waals surface area contributed by atoms with Gasteiger partial charge in [-0.05, 0) is 18.8 Å². The first kappa shape index (κ1) is 10.5. The van der Waals surface area contributed by atoms with Crippen molar-refractivity contribution in [2.24, 2.45) is 11.8 Å². The third kappa shape index (κ3) is 2.69. The molecular weight excluding hydrogens is 166 g/mol. The molecule has 1 heterocycles. The van der Waals surface area contributed by atoms with Gasteiger partial charge in [0.25, 0.3) is 0 Å². The predicted molar refractivity (Wildman–Crippen MR) is 51.4 cm³/mol. The first-order valence-corrected chi connectivity index (χ1v) is 4.92. The Morgan fingerprint density at radius 3 is 2.38 bits per heavy atom. The molecule has 1 amide bonds. The van der Waals surface area contributed by atoms with Crippen LogP contribution in [0.4, 0.5) is 0 Å². The predicted octanol–water partition coefficient (Wildman–Crippen LogP) is 1.14. The lowest BCUT2D eigenvalue weighted by Crippen LogP contribution is -2.34. The summed E-state index contributed by atoms with van der Waals surface area (Å²) in [4.78, 5) is 13.3. The maximum atomic E-state index is 11.6. The molecule has 0 aromatic heterocycles. The van der Waals surface area contributed by atoms with Crippen LogP contribution in [0.5, 0.6) is 0 Å². The van der Waals surface area contributed by atoms with Gasteiger partial charge in [0.15, 0.2) is 0 Å². The first-order chi connectivity index (χ1) is 6.13. The molecule has 1 saturated heterocycles. The molecule has 1 aliphatic heterocycles. The molecule has 3 nitrogen and oxygen atoms in total. The molecule has 76 valence electrons. The fourth-order valence-electron chi connectivity index (χ4n) is 1.82. The average Bonchev–Trinajstić information content (AvgIpc) is 2.17. The molecule has 1 aliphatic rings. The van der Waals surface area contributed by atoms with Crippen molar-refractivity contribution in [2.45, 2.75) is 19.8 Å². The van der Waals surface area contributed by atoms with Crippen molar-refractivity contribution in [3.8, 4) is 0 Å². The van der Waals surface area contributed by atoms with E-state index in [0.717, 1.165) is 26.1 Å². The second-order valence-corrected chi connectivity index (χ2v) is 3.97. The van der Waals surface area contributed by atoms with E-state index in [0.29, 0.717) is 5.92 Å². The summed E-state index contributed by atoms with van der Waals surface area (Å²) in [7, 11) is 3.64. The lowest BCUT2D eigenvalue weighted by Gasteiger charge is -2.28. The van der Waals surface area contributed by atoms with Crippen molar-refractivity contribution >= 4 is 5.91 Å². The second kappa shape index (κ2) is 4.61. The van der Waals surface area contributed by atoms with Gasteiger partial charge in [0.2, 0.25) is 5.91 Å². The molecule has 0 saturated carbocycles. The van der Waals surface area contributed by atoms with Crippen LogP contribution in [0.2, 0.25) is 0 Å². The van der Waals surface area contributed by atoms with E-state index in [2.05, 4.69) is 0 Å². The Labute approximate surface area is 80.1 Å². The van der Waals surface area contributed by atoms with Gasteiger partial charge >= 0.3 is 0 Å². The van der Waals surface area contributed by atoms with Crippen LogP contribution in [0.3, 0.4) is 0 Å². The van der Waals surface area contributed by atoms with Gasteiger partial charge in [0.1, 0.15) is 0 Å². The Balaban J connectivity index is 2.45. The molecule has 3 heteroatoms. The Morgan fingerprint density at radius 1 is 1.38 bits per heavy atom. The molecule has 0 unspecified atom stereocenters. The van der Waals surface area contributed by atoms with E-state index < -0.39 is 0 Å². The number of nitrogens with zero attached hydrogens (tertiary/aromatic N) is 1. The van der Waals surface area contributed by atoms with Gasteiger partial charge in [0, 0.05) is 33.2 Å². The van der Waals surface area contributed by atoms with E-state index in [9.17, 15) is 4.79 Å². The summed E-state index contributed by atoms with van der Waals surface area (Å²) in [6.45, 7) is 3.66. The fraction of sp³-hybridized carbons (Fsp3) is 0.900. The highest BCUT2D eigenvalue weighted by Gasteiger charge is 2.26. The van der Waals surface area contributed by atoms with Crippen LogP contribution in [0, 0.1) is 11.8 Å². The van der Waals surface area contributed by atoms with Gasteiger partial charge < -0.3 is 9.64 Å². The minimum atomic E-state index is 0.152. The van der Waals surface area contributed by atoms with Gasteiger partial charge in [-0.1, -0.05) is 6.92 Å². The van der Waals surface area contributed by atoms with Gasteiger partial charge in [0.05, 0.1) is 0 Å². The molecule has 0 aromatic carbocycles. The van der Waals surface area contributed by atoms with Crippen LogP contribution >= 0.6 is 0 Å². The minimum absolute atomic E-state index is 0.152. The summed E-state index contributed by atoms with van der Waals surface area (Å²) in [6, 6.07) is 0. The summed E-state index contributed by atoms with van der Waals surface area (Å²) in [5.74, 6) is 0.912. The molecule has 0 spiro atoms. The van der Waals surface area contributed by atoms with Crippen molar-refractivity contribution in [3.05, 3.63) is 0 Å². The minimum Gasteiger partial charge on any atom is -0.381 e. The normalized spacial score (nSPS) is 21.2. The number of hydrogen-bond acceptors (Lipinski definition) is 2. The van der Waals surface area contributed by atoms with Crippen molar-refractivity contribution in [2.75, 3.05) is 27.3 Å². The van der Waals surface area contributed by atoms with E-state index in [1.807, 2.05) is 21.0 Å². The van der Waals surface area contributed by atoms with Crippen molar-refractivity contribution in [1.82, 2.24) is 4.90 Å². The largest absolute Gasteiger partial charge is 0.381 e. The molecule has 0 radical (unpaired) electrons. The maximum Gasteiger partial charge on any atom is 0.225 e. The first-order valence-electron chi connectivity index (χ1n) is 4.92. The molecule has 1 fully saturated rings. The highest BCUT2D eigenvalue weighted by atomic mass is 16.5. The van der Waals surface area contributed by atoms with E-state index >= 15 is 0 Å². The lowest BCUT2D eigenvalue weighted by atomic mass is 9.86. The highest BCUT2D eigenvalue weighted by molar-refractivity contribution is 5.78. The summed E-state index contributed by atoms with van der Waals surface area (Å²) >= 11 is 0. The number of carbonyl (C=O) groups is 1. The molecular formula is C10H19NO2. The third-order valence-electron chi connectivity index (χ3n) is 2.80. The van der Waals surface area contributed by atoms with Crippen LogP contribution in [0.1, 0.15) is 19.8 Å². The quantitative estimate of drug-likeness (QED) is 0.645. The standard InChI is InChI=1S/C10H19NO2/c1-8(10(12)11(2)3)9-4-6-13-7-5-9/h8-9H,4-7H2,1-3H3/t8-/m0/s1.